The Morgan fingerprint density at radius 2 is 1.59 bits per heavy atom. The molecule has 180 valence electrons. The fourth-order valence-electron chi connectivity index (χ4n) is 4.91. The van der Waals surface area contributed by atoms with E-state index in [4.69, 9.17) is 11.6 Å². The lowest BCUT2D eigenvalue weighted by molar-refractivity contribution is -0.137. The highest BCUT2D eigenvalue weighted by Crippen LogP contribution is 2.33. The van der Waals surface area contributed by atoms with Crippen molar-refractivity contribution in [3.63, 3.8) is 0 Å². The fourth-order valence-corrected chi connectivity index (χ4v) is 5.03. The molecule has 8 heteroatoms. The monoisotopic (exact) mass is 482 g/mol. The molecule has 2 saturated heterocycles. The first-order valence-corrected chi connectivity index (χ1v) is 12.2. The summed E-state index contributed by atoms with van der Waals surface area (Å²) in [7, 11) is 1.86. The van der Waals surface area contributed by atoms with E-state index >= 15 is 0 Å². The van der Waals surface area contributed by atoms with Gasteiger partial charge in [-0.2, -0.15) is 0 Å². The maximum atomic E-state index is 13.5. The zero-order valence-corrected chi connectivity index (χ0v) is 20.1. The molecule has 0 radical (unpaired) electrons. The molecule has 2 aromatic rings. The maximum absolute atomic E-state index is 13.5. The third kappa shape index (κ3) is 5.89. The van der Waals surface area contributed by atoms with Crippen LogP contribution in [-0.4, -0.2) is 54.3 Å². The molecule has 2 heterocycles. The van der Waals surface area contributed by atoms with Crippen LogP contribution in [0, 0.1) is 11.8 Å². The number of nitrogens with one attached hydrogen (secondary N) is 2. The second-order valence-electron chi connectivity index (χ2n) is 9.18. The van der Waals surface area contributed by atoms with Gasteiger partial charge in [0.15, 0.2) is 0 Å². The number of carbonyl (C=O) groups excluding carboxylic acids is 3. The molecule has 0 aromatic heterocycles. The van der Waals surface area contributed by atoms with Gasteiger partial charge in [-0.1, -0.05) is 41.9 Å². The molecule has 1 unspecified atom stereocenters. The normalized spacial score (nSPS) is 20.1. The molecule has 7 nitrogen and oxygen atoms in total. The lowest BCUT2D eigenvalue weighted by Crippen LogP contribution is -2.48. The quantitative estimate of drug-likeness (QED) is 0.666. The third-order valence-electron chi connectivity index (χ3n) is 6.97. The van der Waals surface area contributed by atoms with Gasteiger partial charge in [0.25, 0.3) is 0 Å². The highest BCUT2D eigenvalue weighted by Gasteiger charge is 2.35. The van der Waals surface area contributed by atoms with Gasteiger partial charge in [0, 0.05) is 43.8 Å². The van der Waals surface area contributed by atoms with Gasteiger partial charge in [0.1, 0.15) is 6.04 Å². The summed E-state index contributed by atoms with van der Waals surface area (Å²) in [6.45, 7) is 2.08. The molecule has 0 aliphatic carbocycles. The number of amides is 4. The number of anilines is 1. The Morgan fingerprint density at radius 1 is 0.941 bits per heavy atom. The molecule has 2 fully saturated rings. The molecule has 4 amide bonds. The number of carbonyl (C=O) groups is 3. The van der Waals surface area contributed by atoms with E-state index in [2.05, 4.69) is 10.6 Å². The van der Waals surface area contributed by atoms with Gasteiger partial charge in [-0.15, -0.1) is 0 Å². The molecule has 4 rings (SSSR count). The zero-order valence-electron chi connectivity index (χ0n) is 19.4. The van der Waals surface area contributed by atoms with E-state index in [0.717, 1.165) is 31.4 Å². The Bertz CT molecular complexity index is 1010. The smallest absolute Gasteiger partial charge is 0.320 e. The van der Waals surface area contributed by atoms with Crippen LogP contribution in [-0.2, 0) is 9.59 Å². The van der Waals surface area contributed by atoms with Gasteiger partial charge in [-0.3, -0.25) is 9.59 Å². The largest absolute Gasteiger partial charge is 0.346 e. The molecule has 2 aliphatic heterocycles. The highest BCUT2D eigenvalue weighted by atomic mass is 35.5. The van der Waals surface area contributed by atoms with Crippen LogP contribution in [0.1, 0.15) is 37.3 Å². The molecule has 0 bridgehead atoms. The van der Waals surface area contributed by atoms with Crippen molar-refractivity contribution in [3.8, 4) is 0 Å². The van der Waals surface area contributed by atoms with Crippen molar-refractivity contribution < 1.29 is 14.4 Å². The summed E-state index contributed by atoms with van der Waals surface area (Å²) < 4.78 is 0. The molecule has 2 N–H and O–H groups in total. The molecular formula is C26H31ClN4O3. The van der Waals surface area contributed by atoms with Crippen LogP contribution in [0.25, 0.3) is 0 Å². The number of likely N-dealkylation sites (tertiary alicyclic amines) is 2. The SMILES string of the molecule is CN1CCC(C2CCN(C(=O)[C@H](NC(=O)Nc3ccc(Cl)cc3)c3ccccc3)CC2)CC1=O. The Kier molecular flexibility index (Phi) is 7.73. The predicted molar refractivity (Wildman–Crippen MR) is 132 cm³/mol. The van der Waals surface area contributed by atoms with Crippen molar-refractivity contribution in [2.75, 3.05) is 32.0 Å². The minimum absolute atomic E-state index is 0.115. The number of hydrogen-bond acceptors (Lipinski definition) is 3. The Hall–Kier alpha value is -3.06. The van der Waals surface area contributed by atoms with Crippen molar-refractivity contribution in [2.24, 2.45) is 11.8 Å². The first kappa shape index (κ1) is 24.1. The van der Waals surface area contributed by atoms with Crippen molar-refractivity contribution in [1.82, 2.24) is 15.1 Å². The summed E-state index contributed by atoms with van der Waals surface area (Å²) in [5, 5.41) is 6.20. The van der Waals surface area contributed by atoms with Gasteiger partial charge in [0.2, 0.25) is 11.8 Å². The third-order valence-corrected chi connectivity index (χ3v) is 7.23. The number of halogens is 1. The van der Waals surface area contributed by atoms with E-state index in [9.17, 15) is 14.4 Å². The lowest BCUT2D eigenvalue weighted by Gasteiger charge is -2.40. The topological polar surface area (TPSA) is 81.8 Å². The van der Waals surface area contributed by atoms with E-state index in [-0.39, 0.29) is 11.8 Å². The Labute approximate surface area is 205 Å². The van der Waals surface area contributed by atoms with Crippen LogP contribution in [0.2, 0.25) is 5.02 Å². The standard InChI is InChI=1S/C26H31ClN4O3/c1-30-14-11-20(17-23(30)32)18-12-15-31(16-13-18)25(33)24(19-5-3-2-4-6-19)29-26(34)28-22-9-7-21(27)8-10-22/h2-10,18,20,24H,11-17H2,1H3,(H2,28,29,34)/t20?,24-/m1/s1. The molecule has 0 saturated carbocycles. The van der Waals surface area contributed by atoms with Gasteiger partial charge >= 0.3 is 6.03 Å². The van der Waals surface area contributed by atoms with Gasteiger partial charge in [0.05, 0.1) is 0 Å². The van der Waals surface area contributed by atoms with Crippen LogP contribution >= 0.6 is 11.6 Å². The average molecular weight is 483 g/mol. The first-order valence-electron chi connectivity index (χ1n) is 11.8. The van der Waals surface area contributed by atoms with Crippen LogP contribution in [0.15, 0.2) is 54.6 Å². The lowest BCUT2D eigenvalue weighted by atomic mass is 9.78. The Morgan fingerprint density at radius 3 is 2.24 bits per heavy atom. The summed E-state index contributed by atoms with van der Waals surface area (Å²) in [6, 6.07) is 14.9. The first-order chi connectivity index (χ1) is 16.4. The number of hydrogen-bond donors (Lipinski definition) is 2. The minimum Gasteiger partial charge on any atom is -0.346 e. The summed E-state index contributed by atoms with van der Waals surface area (Å²) in [4.78, 5) is 42.0. The molecule has 0 spiro atoms. The fraction of sp³-hybridized carbons (Fsp3) is 0.423. The van der Waals surface area contributed by atoms with Crippen LogP contribution in [0.4, 0.5) is 10.5 Å². The van der Waals surface area contributed by atoms with E-state index in [1.807, 2.05) is 42.3 Å². The number of benzene rings is 2. The van der Waals surface area contributed by atoms with Crippen molar-refractivity contribution in [3.05, 3.63) is 65.2 Å². The summed E-state index contributed by atoms with van der Waals surface area (Å²) in [6.07, 6.45) is 3.39. The molecule has 34 heavy (non-hydrogen) atoms. The van der Waals surface area contributed by atoms with Gasteiger partial charge < -0.3 is 20.4 Å². The van der Waals surface area contributed by atoms with E-state index < -0.39 is 12.1 Å². The summed E-state index contributed by atoms with van der Waals surface area (Å²) in [5.41, 5.74) is 1.33. The van der Waals surface area contributed by atoms with Gasteiger partial charge in [-0.05, 0) is 60.9 Å². The average Bonchev–Trinajstić information content (AvgIpc) is 2.86. The van der Waals surface area contributed by atoms with E-state index in [1.165, 1.54) is 0 Å². The van der Waals surface area contributed by atoms with Crippen molar-refractivity contribution in [2.45, 2.75) is 31.7 Å². The van der Waals surface area contributed by atoms with Crippen LogP contribution < -0.4 is 10.6 Å². The number of rotatable bonds is 5. The van der Waals surface area contributed by atoms with Crippen molar-refractivity contribution >= 4 is 35.1 Å². The molecule has 2 atom stereocenters. The zero-order chi connectivity index (χ0) is 24.1. The second-order valence-corrected chi connectivity index (χ2v) is 9.62. The Balaban J connectivity index is 1.39. The maximum Gasteiger partial charge on any atom is 0.320 e. The van der Waals surface area contributed by atoms with Crippen LogP contribution in [0.3, 0.4) is 0 Å². The number of piperidine rings is 2. The van der Waals surface area contributed by atoms with E-state index in [0.29, 0.717) is 42.1 Å². The van der Waals surface area contributed by atoms with E-state index in [1.54, 1.807) is 29.2 Å². The number of urea groups is 1. The molecule has 2 aromatic carbocycles. The molecule has 2 aliphatic rings. The van der Waals surface area contributed by atoms with Crippen molar-refractivity contribution in [1.29, 1.82) is 0 Å². The van der Waals surface area contributed by atoms with Gasteiger partial charge in [-0.25, -0.2) is 4.79 Å². The second kappa shape index (κ2) is 10.9. The summed E-state index contributed by atoms with van der Waals surface area (Å²) in [5.74, 6) is 0.956. The summed E-state index contributed by atoms with van der Waals surface area (Å²) >= 11 is 5.92. The number of nitrogens with zero attached hydrogens (tertiary/aromatic N) is 2. The molecular weight excluding hydrogens is 452 g/mol. The minimum atomic E-state index is -0.782. The predicted octanol–water partition coefficient (Wildman–Crippen LogP) is 4.31. The highest BCUT2D eigenvalue weighted by molar-refractivity contribution is 6.30. The van der Waals surface area contributed by atoms with Crippen LogP contribution in [0.5, 0.6) is 0 Å².